The molecule has 0 aliphatic heterocycles. The number of carboxylic acids is 1. The number of carbonyl (C=O) groups is 2. The number of hydrogen-bond acceptors (Lipinski definition) is 4. The van der Waals surface area contributed by atoms with Gasteiger partial charge in [-0.15, -0.1) is 0 Å². The van der Waals surface area contributed by atoms with Crippen LogP contribution in [0, 0.1) is 0 Å². The molecule has 0 saturated heterocycles. The lowest BCUT2D eigenvalue weighted by Gasteiger charge is -2.08. The summed E-state index contributed by atoms with van der Waals surface area (Å²) in [5.41, 5.74) is 2.09. The van der Waals surface area contributed by atoms with Crippen LogP contribution in [0.1, 0.15) is 42.5 Å². The van der Waals surface area contributed by atoms with Gasteiger partial charge in [0.15, 0.2) is 5.76 Å². The van der Waals surface area contributed by atoms with Gasteiger partial charge in [-0.05, 0) is 25.0 Å². The van der Waals surface area contributed by atoms with Crippen molar-refractivity contribution in [2.45, 2.75) is 32.1 Å². The second-order valence-corrected chi connectivity index (χ2v) is 6.76. The summed E-state index contributed by atoms with van der Waals surface area (Å²) in [6.45, 7) is 0.543. The zero-order valence-corrected chi connectivity index (χ0v) is 16.1. The third kappa shape index (κ3) is 5.78. The van der Waals surface area contributed by atoms with Crippen LogP contribution in [-0.4, -0.2) is 28.5 Å². The largest absolute Gasteiger partial charge is 0.481 e. The smallest absolute Gasteiger partial charge is 0.303 e. The summed E-state index contributed by atoms with van der Waals surface area (Å²) in [7, 11) is 0. The number of hydrogen-bond donors (Lipinski definition) is 2. The summed E-state index contributed by atoms with van der Waals surface area (Å²) in [5, 5.41) is 11.6. The van der Waals surface area contributed by atoms with Crippen LogP contribution in [0.3, 0.4) is 0 Å². The zero-order valence-electron chi connectivity index (χ0n) is 16.1. The van der Waals surface area contributed by atoms with E-state index in [2.05, 4.69) is 10.3 Å². The van der Waals surface area contributed by atoms with E-state index < -0.39 is 5.97 Å². The number of rotatable bonds is 10. The van der Waals surface area contributed by atoms with Crippen molar-refractivity contribution in [2.24, 2.45) is 0 Å². The Morgan fingerprint density at radius 1 is 0.931 bits per heavy atom. The first kappa shape index (κ1) is 20.3. The number of unbranched alkanes of at least 4 members (excludes halogenated alkanes) is 3. The third-order valence-electron chi connectivity index (χ3n) is 4.57. The highest BCUT2D eigenvalue weighted by Gasteiger charge is 2.16. The number of carboxylic acid groups (broad SMARTS) is 1. The number of benzene rings is 2. The molecule has 29 heavy (non-hydrogen) atoms. The van der Waals surface area contributed by atoms with Crippen LogP contribution in [0.5, 0.6) is 0 Å². The second kappa shape index (κ2) is 10.2. The number of aromatic nitrogens is 1. The topological polar surface area (TPSA) is 92.4 Å². The lowest BCUT2D eigenvalue weighted by atomic mass is 10.1. The second-order valence-electron chi connectivity index (χ2n) is 6.76. The van der Waals surface area contributed by atoms with Crippen molar-refractivity contribution >= 4 is 11.9 Å². The van der Waals surface area contributed by atoms with Gasteiger partial charge >= 0.3 is 5.97 Å². The molecule has 0 unspecified atom stereocenters. The van der Waals surface area contributed by atoms with Crippen molar-refractivity contribution < 1.29 is 19.1 Å². The van der Waals surface area contributed by atoms with Gasteiger partial charge in [-0.3, -0.25) is 9.59 Å². The Hall–Kier alpha value is -3.41. The third-order valence-corrected chi connectivity index (χ3v) is 4.57. The van der Waals surface area contributed by atoms with E-state index in [1.54, 1.807) is 12.3 Å². The van der Waals surface area contributed by atoms with Crippen LogP contribution < -0.4 is 5.32 Å². The van der Waals surface area contributed by atoms with E-state index in [4.69, 9.17) is 9.52 Å². The summed E-state index contributed by atoms with van der Waals surface area (Å²) in [6.07, 6.45) is 5.06. The molecule has 0 bridgehead atoms. The first-order valence-electron chi connectivity index (χ1n) is 9.76. The highest BCUT2D eigenvalue weighted by molar-refractivity contribution is 6.00. The van der Waals surface area contributed by atoms with E-state index in [0.29, 0.717) is 35.7 Å². The maximum absolute atomic E-state index is 12.6. The highest BCUT2D eigenvalue weighted by atomic mass is 16.4. The fourth-order valence-corrected chi connectivity index (χ4v) is 3.05. The Morgan fingerprint density at radius 3 is 2.45 bits per heavy atom. The molecule has 150 valence electrons. The molecule has 0 aliphatic rings. The monoisotopic (exact) mass is 392 g/mol. The molecule has 1 heterocycles. The molecule has 3 aromatic rings. The Bertz CT molecular complexity index is 950. The molecule has 0 aliphatic carbocycles. The average molecular weight is 392 g/mol. The first-order valence-corrected chi connectivity index (χ1v) is 9.76. The normalized spacial score (nSPS) is 10.6. The van der Waals surface area contributed by atoms with Crippen molar-refractivity contribution in [3.63, 3.8) is 0 Å². The molecule has 0 radical (unpaired) electrons. The van der Waals surface area contributed by atoms with Gasteiger partial charge in [-0.25, -0.2) is 4.98 Å². The standard InChI is InChI=1S/C23H24N2O4/c26-21(27)14-6-1-2-9-15-24-22(28)18-12-7-8-13-19(18)23-25-16-20(29-23)17-10-4-3-5-11-17/h3-5,7-8,10-13,16H,1-2,6,9,14-15H2,(H,24,28)(H,26,27). The maximum Gasteiger partial charge on any atom is 0.303 e. The lowest BCUT2D eigenvalue weighted by Crippen LogP contribution is -2.25. The molecule has 6 nitrogen and oxygen atoms in total. The SMILES string of the molecule is O=C(O)CCCCCCNC(=O)c1ccccc1-c1ncc(-c2ccccc2)o1. The molecule has 6 heteroatoms. The number of aliphatic carboxylic acids is 1. The van der Waals surface area contributed by atoms with E-state index in [1.807, 2.05) is 48.5 Å². The molecule has 0 fully saturated rings. The van der Waals surface area contributed by atoms with Gasteiger partial charge in [0.1, 0.15) is 0 Å². The van der Waals surface area contributed by atoms with E-state index >= 15 is 0 Å². The number of amides is 1. The summed E-state index contributed by atoms with van der Waals surface area (Å²) in [4.78, 5) is 27.5. The van der Waals surface area contributed by atoms with Crippen molar-refractivity contribution in [1.29, 1.82) is 0 Å². The van der Waals surface area contributed by atoms with E-state index in [1.165, 1.54) is 0 Å². The number of carbonyl (C=O) groups excluding carboxylic acids is 1. The highest BCUT2D eigenvalue weighted by Crippen LogP contribution is 2.28. The summed E-state index contributed by atoms with van der Waals surface area (Å²) in [6, 6.07) is 16.9. The Labute approximate surface area is 169 Å². The number of nitrogens with one attached hydrogen (secondary N) is 1. The van der Waals surface area contributed by atoms with Crippen molar-refractivity contribution in [3.8, 4) is 22.8 Å². The Kier molecular flexibility index (Phi) is 7.16. The van der Waals surface area contributed by atoms with Crippen LogP contribution in [0.15, 0.2) is 65.2 Å². The predicted octanol–water partition coefficient (Wildman–Crippen LogP) is 4.77. The quantitative estimate of drug-likeness (QED) is 0.485. The molecule has 0 spiro atoms. The van der Waals surface area contributed by atoms with Gasteiger partial charge in [0.05, 0.1) is 11.8 Å². The minimum Gasteiger partial charge on any atom is -0.481 e. The van der Waals surface area contributed by atoms with Crippen molar-refractivity contribution in [1.82, 2.24) is 10.3 Å². The number of oxazole rings is 1. The minimum absolute atomic E-state index is 0.175. The maximum atomic E-state index is 12.6. The average Bonchev–Trinajstić information content (AvgIpc) is 3.23. The van der Waals surface area contributed by atoms with E-state index in [0.717, 1.165) is 24.8 Å². The van der Waals surface area contributed by atoms with E-state index in [9.17, 15) is 9.59 Å². The fourth-order valence-electron chi connectivity index (χ4n) is 3.05. The molecule has 1 amide bonds. The molecule has 2 aromatic carbocycles. The van der Waals surface area contributed by atoms with Gasteiger partial charge in [0, 0.05) is 24.1 Å². The van der Waals surface area contributed by atoms with Crippen LogP contribution >= 0.6 is 0 Å². The van der Waals surface area contributed by atoms with Crippen molar-refractivity contribution in [3.05, 3.63) is 66.4 Å². The zero-order chi connectivity index (χ0) is 20.5. The molecule has 0 saturated carbocycles. The van der Waals surface area contributed by atoms with Crippen molar-refractivity contribution in [2.75, 3.05) is 6.54 Å². The summed E-state index contributed by atoms with van der Waals surface area (Å²) >= 11 is 0. The fraction of sp³-hybridized carbons (Fsp3) is 0.261. The minimum atomic E-state index is -0.767. The molecule has 1 aromatic heterocycles. The number of nitrogens with zero attached hydrogens (tertiary/aromatic N) is 1. The predicted molar refractivity (Wildman–Crippen MR) is 110 cm³/mol. The molecule has 3 rings (SSSR count). The van der Waals surface area contributed by atoms with Gasteiger partial charge in [0.2, 0.25) is 5.89 Å². The van der Waals surface area contributed by atoms with Crippen LogP contribution in [0.2, 0.25) is 0 Å². The van der Waals surface area contributed by atoms with Crippen LogP contribution in [0.4, 0.5) is 0 Å². The molecular formula is C23H24N2O4. The van der Waals surface area contributed by atoms with Crippen LogP contribution in [0.25, 0.3) is 22.8 Å². The summed E-state index contributed by atoms with van der Waals surface area (Å²) in [5.74, 6) is 0.114. The molecule has 2 N–H and O–H groups in total. The van der Waals surface area contributed by atoms with Crippen LogP contribution in [-0.2, 0) is 4.79 Å². The van der Waals surface area contributed by atoms with Gasteiger partial charge < -0.3 is 14.8 Å². The molecular weight excluding hydrogens is 368 g/mol. The Balaban J connectivity index is 1.60. The van der Waals surface area contributed by atoms with Gasteiger partial charge in [0.25, 0.3) is 5.91 Å². The lowest BCUT2D eigenvalue weighted by molar-refractivity contribution is -0.137. The van der Waals surface area contributed by atoms with E-state index in [-0.39, 0.29) is 12.3 Å². The van der Waals surface area contributed by atoms with Gasteiger partial charge in [-0.1, -0.05) is 55.3 Å². The Morgan fingerprint density at radius 2 is 1.66 bits per heavy atom. The first-order chi connectivity index (χ1) is 14.1. The molecule has 0 atom stereocenters. The summed E-state index contributed by atoms with van der Waals surface area (Å²) < 4.78 is 5.90. The van der Waals surface area contributed by atoms with Gasteiger partial charge in [-0.2, -0.15) is 0 Å².